The zero-order valence-electron chi connectivity index (χ0n) is 10.9. The molecule has 0 aromatic carbocycles. The molecule has 0 bridgehead atoms. The van der Waals surface area contributed by atoms with E-state index in [-0.39, 0.29) is 12.3 Å². The minimum Gasteiger partial charge on any atom is -0.324 e. The van der Waals surface area contributed by atoms with Crippen LogP contribution < -0.4 is 5.73 Å². The molecule has 1 rings (SSSR count). The van der Waals surface area contributed by atoms with Crippen molar-refractivity contribution >= 4 is 11.6 Å². The summed E-state index contributed by atoms with van der Waals surface area (Å²) in [4.78, 5) is 22.6. The van der Waals surface area contributed by atoms with Gasteiger partial charge >= 0.3 is 0 Å². The Morgan fingerprint density at radius 3 is 2.18 bits per heavy atom. The minimum atomic E-state index is -0.409. The van der Waals surface area contributed by atoms with E-state index in [1.54, 1.807) is 0 Å². The first kappa shape index (κ1) is 14.4. The second kappa shape index (κ2) is 7.59. The van der Waals surface area contributed by atoms with E-state index in [0.29, 0.717) is 12.3 Å². The number of carbonyl (C=O) groups is 2. The molecule has 1 fully saturated rings. The number of hydrogen-bond acceptors (Lipinski definition) is 3. The molecule has 3 nitrogen and oxygen atoms in total. The summed E-state index contributed by atoms with van der Waals surface area (Å²) in [6.07, 6.45) is 8.92. The fourth-order valence-electron chi connectivity index (χ4n) is 2.99. The molecule has 0 aromatic heterocycles. The Morgan fingerprint density at radius 1 is 1.06 bits per heavy atom. The van der Waals surface area contributed by atoms with Gasteiger partial charge in [0.05, 0.1) is 6.54 Å². The fraction of sp³-hybridized carbons (Fsp3) is 0.857. The lowest BCUT2D eigenvalue weighted by molar-refractivity contribution is -0.136. The Hall–Kier alpha value is -0.700. The number of hydrogen-bond donors (Lipinski definition) is 1. The molecule has 98 valence electrons. The van der Waals surface area contributed by atoms with E-state index in [9.17, 15) is 9.59 Å². The Balaban J connectivity index is 2.37. The summed E-state index contributed by atoms with van der Waals surface area (Å²) in [7, 11) is 0. The SMILES string of the molecule is CCCC1CCCCC1CCC(=O)C(=O)CN. The van der Waals surface area contributed by atoms with Crippen molar-refractivity contribution in [1.29, 1.82) is 0 Å². The van der Waals surface area contributed by atoms with Crippen molar-refractivity contribution in [2.75, 3.05) is 6.54 Å². The van der Waals surface area contributed by atoms with Crippen molar-refractivity contribution in [3.05, 3.63) is 0 Å². The van der Waals surface area contributed by atoms with E-state index in [2.05, 4.69) is 6.92 Å². The van der Waals surface area contributed by atoms with Crippen LogP contribution in [0.15, 0.2) is 0 Å². The van der Waals surface area contributed by atoms with Gasteiger partial charge < -0.3 is 5.73 Å². The van der Waals surface area contributed by atoms with Crippen LogP contribution in [0.5, 0.6) is 0 Å². The molecule has 0 aromatic rings. The molecule has 0 aliphatic heterocycles. The number of ketones is 2. The maximum absolute atomic E-state index is 11.5. The Kier molecular flexibility index (Phi) is 6.41. The molecule has 1 aliphatic rings. The van der Waals surface area contributed by atoms with E-state index < -0.39 is 5.78 Å². The number of Topliss-reactive ketones (excluding diaryl/α,β-unsaturated/α-hetero) is 2. The van der Waals surface area contributed by atoms with E-state index in [0.717, 1.165) is 12.3 Å². The lowest BCUT2D eigenvalue weighted by Crippen LogP contribution is -2.25. The van der Waals surface area contributed by atoms with Gasteiger partial charge in [-0.05, 0) is 18.3 Å². The number of carbonyl (C=O) groups excluding carboxylic acids is 2. The van der Waals surface area contributed by atoms with E-state index in [4.69, 9.17) is 5.73 Å². The minimum absolute atomic E-state index is 0.137. The molecule has 2 unspecified atom stereocenters. The van der Waals surface area contributed by atoms with Crippen molar-refractivity contribution in [1.82, 2.24) is 0 Å². The van der Waals surface area contributed by atoms with Crippen molar-refractivity contribution in [3.8, 4) is 0 Å². The second-order valence-electron chi connectivity index (χ2n) is 5.18. The van der Waals surface area contributed by atoms with Gasteiger partial charge in [0.15, 0.2) is 5.78 Å². The van der Waals surface area contributed by atoms with Crippen LogP contribution >= 0.6 is 0 Å². The Bertz CT molecular complexity index is 261. The maximum Gasteiger partial charge on any atom is 0.211 e. The first-order valence-corrected chi connectivity index (χ1v) is 6.95. The first-order chi connectivity index (χ1) is 8.19. The average molecular weight is 239 g/mol. The zero-order valence-corrected chi connectivity index (χ0v) is 10.9. The predicted octanol–water partition coefficient (Wildman–Crippen LogP) is 2.47. The van der Waals surface area contributed by atoms with Gasteiger partial charge in [-0.1, -0.05) is 45.4 Å². The summed E-state index contributed by atoms with van der Waals surface area (Å²) >= 11 is 0. The van der Waals surface area contributed by atoms with Crippen LogP contribution in [0.25, 0.3) is 0 Å². The quantitative estimate of drug-likeness (QED) is 0.694. The van der Waals surface area contributed by atoms with Crippen LogP contribution in [-0.2, 0) is 9.59 Å². The summed E-state index contributed by atoms with van der Waals surface area (Å²) in [5, 5.41) is 0. The summed E-state index contributed by atoms with van der Waals surface area (Å²) in [5.74, 6) is 0.744. The Labute approximate surface area is 104 Å². The molecule has 0 saturated heterocycles. The van der Waals surface area contributed by atoms with Gasteiger partial charge in [0, 0.05) is 6.42 Å². The van der Waals surface area contributed by atoms with Gasteiger partial charge in [0.1, 0.15) is 0 Å². The molecule has 1 saturated carbocycles. The van der Waals surface area contributed by atoms with Crippen LogP contribution in [0.4, 0.5) is 0 Å². The van der Waals surface area contributed by atoms with Crippen molar-refractivity contribution in [2.45, 2.75) is 58.3 Å². The van der Waals surface area contributed by atoms with E-state index in [1.807, 2.05) is 0 Å². The number of rotatable bonds is 7. The molecule has 2 N–H and O–H groups in total. The predicted molar refractivity (Wildman–Crippen MR) is 68.7 cm³/mol. The maximum atomic E-state index is 11.5. The lowest BCUT2D eigenvalue weighted by Gasteiger charge is -2.31. The fourth-order valence-corrected chi connectivity index (χ4v) is 2.99. The largest absolute Gasteiger partial charge is 0.324 e. The highest BCUT2D eigenvalue weighted by molar-refractivity contribution is 6.37. The van der Waals surface area contributed by atoms with E-state index >= 15 is 0 Å². The monoisotopic (exact) mass is 239 g/mol. The zero-order chi connectivity index (χ0) is 12.7. The molecule has 0 amide bonds. The van der Waals surface area contributed by atoms with Crippen LogP contribution in [0.1, 0.15) is 58.3 Å². The smallest absolute Gasteiger partial charge is 0.211 e. The van der Waals surface area contributed by atoms with Crippen LogP contribution in [0, 0.1) is 11.8 Å². The molecular formula is C14H25NO2. The molecular weight excluding hydrogens is 214 g/mol. The summed E-state index contributed by atoms with van der Waals surface area (Å²) in [5.41, 5.74) is 5.19. The highest BCUT2D eigenvalue weighted by atomic mass is 16.2. The standard InChI is InChI=1S/C14H25NO2/c1-2-5-11-6-3-4-7-12(11)8-9-13(16)14(17)10-15/h11-12H,2-10,15H2,1H3. The lowest BCUT2D eigenvalue weighted by atomic mass is 9.74. The highest BCUT2D eigenvalue weighted by Crippen LogP contribution is 2.35. The first-order valence-electron chi connectivity index (χ1n) is 6.95. The van der Waals surface area contributed by atoms with E-state index in [1.165, 1.54) is 38.5 Å². The topological polar surface area (TPSA) is 60.2 Å². The molecule has 0 spiro atoms. The van der Waals surface area contributed by atoms with Crippen molar-refractivity contribution < 1.29 is 9.59 Å². The van der Waals surface area contributed by atoms with Crippen molar-refractivity contribution in [2.24, 2.45) is 17.6 Å². The van der Waals surface area contributed by atoms with Crippen molar-refractivity contribution in [3.63, 3.8) is 0 Å². The molecule has 2 atom stereocenters. The van der Waals surface area contributed by atoms with Crippen LogP contribution in [0.2, 0.25) is 0 Å². The third kappa shape index (κ3) is 4.58. The van der Waals surface area contributed by atoms with Gasteiger partial charge in [-0.2, -0.15) is 0 Å². The van der Waals surface area contributed by atoms with Gasteiger partial charge in [0.25, 0.3) is 0 Å². The summed E-state index contributed by atoms with van der Waals surface area (Å²) in [6.45, 7) is 2.08. The Morgan fingerprint density at radius 2 is 1.65 bits per heavy atom. The van der Waals surface area contributed by atoms with Gasteiger partial charge in [-0.15, -0.1) is 0 Å². The molecule has 1 aliphatic carbocycles. The normalized spacial score (nSPS) is 24.6. The van der Waals surface area contributed by atoms with Gasteiger partial charge in [-0.3, -0.25) is 9.59 Å². The third-order valence-electron chi connectivity index (χ3n) is 3.96. The summed E-state index contributed by atoms with van der Waals surface area (Å²) in [6, 6.07) is 0. The second-order valence-corrected chi connectivity index (χ2v) is 5.18. The van der Waals surface area contributed by atoms with Gasteiger partial charge in [-0.25, -0.2) is 0 Å². The number of nitrogens with two attached hydrogens (primary N) is 1. The molecule has 0 radical (unpaired) electrons. The van der Waals surface area contributed by atoms with Crippen LogP contribution in [0.3, 0.4) is 0 Å². The average Bonchev–Trinajstić information content (AvgIpc) is 2.36. The van der Waals surface area contributed by atoms with Crippen LogP contribution in [-0.4, -0.2) is 18.1 Å². The molecule has 17 heavy (non-hydrogen) atoms. The van der Waals surface area contributed by atoms with Gasteiger partial charge in [0.2, 0.25) is 5.78 Å². The molecule has 0 heterocycles. The third-order valence-corrected chi connectivity index (χ3v) is 3.96. The summed E-state index contributed by atoms with van der Waals surface area (Å²) < 4.78 is 0. The molecule has 3 heteroatoms. The highest BCUT2D eigenvalue weighted by Gasteiger charge is 2.25.